The van der Waals surface area contributed by atoms with E-state index in [1.165, 1.54) is 13.2 Å². The third-order valence-corrected chi connectivity index (χ3v) is 7.13. The van der Waals surface area contributed by atoms with Crippen LogP contribution >= 0.6 is 0 Å². The first-order valence-electron chi connectivity index (χ1n) is 13.6. The number of aryl methyl sites for hydroxylation is 1. The van der Waals surface area contributed by atoms with Crippen molar-refractivity contribution in [1.82, 2.24) is 20.3 Å². The van der Waals surface area contributed by atoms with Crippen molar-refractivity contribution < 1.29 is 19.2 Å². The van der Waals surface area contributed by atoms with Gasteiger partial charge < -0.3 is 30.0 Å². The van der Waals surface area contributed by atoms with E-state index in [4.69, 9.17) is 14.5 Å². The Balaban J connectivity index is 1.42. The number of H-pyrrole nitrogens is 1. The van der Waals surface area contributed by atoms with Crippen molar-refractivity contribution in [3.8, 4) is 17.0 Å². The van der Waals surface area contributed by atoms with Gasteiger partial charge >= 0.3 is 6.09 Å². The Morgan fingerprint density at radius 2 is 1.98 bits per heavy atom. The van der Waals surface area contributed by atoms with Crippen LogP contribution in [0.3, 0.4) is 0 Å². The number of aromatic nitrogens is 3. The predicted molar refractivity (Wildman–Crippen MR) is 162 cm³/mol. The summed E-state index contributed by atoms with van der Waals surface area (Å²) in [5.74, 6) is 0.651. The number of anilines is 3. The lowest BCUT2D eigenvalue weighted by Crippen LogP contribution is -2.46. The number of benzene rings is 2. The summed E-state index contributed by atoms with van der Waals surface area (Å²) in [6.45, 7) is 7.69. The van der Waals surface area contributed by atoms with Crippen LogP contribution in [0, 0.1) is 17.0 Å². The second kappa shape index (κ2) is 10.8. The lowest BCUT2D eigenvalue weighted by molar-refractivity contribution is -0.384. The van der Waals surface area contributed by atoms with Crippen LogP contribution < -0.4 is 20.3 Å². The average molecular weight is 574 g/mol. The summed E-state index contributed by atoms with van der Waals surface area (Å²) in [7, 11) is 3.25. The van der Waals surface area contributed by atoms with E-state index in [1.807, 2.05) is 37.4 Å². The Morgan fingerprint density at radius 1 is 1.24 bits per heavy atom. The van der Waals surface area contributed by atoms with Gasteiger partial charge in [-0.2, -0.15) is 0 Å². The molecule has 1 aliphatic carbocycles. The molecule has 12 nitrogen and oxygen atoms in total. The maximum Gasteiger partial charge on any atom is 0.408 e. The lowest BCUT2D eigenvalue weighted by atomic mass is 10.1. The number of methoxy groups -OCH3 is 1. The number of amides is 1. The first kappa shape index (κ1) is 28.7. The minimum Gasteiger partial charge on any atom is -0.494 e. The molecule has 0 unspecified atom stereocenters. The van der Waals surface area contributed by atoms with Gasteiger partial charge in [-0.1, -0.05) is 18.2 Å². The fourth-order valence-corrected chi connectivity index (χ4v) is 4.97. The van der Waals surface area contributed by atoms with Gasteiger partial charge in [-0.3, -0.25) is 10.1 Å². The van der Waals surface area contributed by atoms with Gasteiger partial charge in [0.25, 0.3) is 5.69 Å². The van der Waals surface area contributed by atoms with Crippen LogP contribution in [0.5, 0.6) is 5.75 Å². The van der Waals surface area contributed by atoms with Crippen molar-refractivity contribution in [3.63, 3.8) is 0 Å². The number of hydrogen-bond acceptors (Lipinski definition) is 9. The number of alkyl carbamates (subject to hydrolysis) is 1. The number of nitro groups is 1. The Morgan fingerprint density at radius 3 is 2.64 bits per heavy atom. The maximum absolute atomic E-state index is 12.4. The molecule has 2 aromatic heterocycles. The van der Waals surface area contributed by atoms with E-state index in [9.17, 15) is 14.9 Å². The lowest BCUT2D eigenvalue weighted by Gasteiger charge is -2.28. The van der Waals surface area contributed by atoms with Crippen molar-refractivity contribution in [2.45, 2.75) is 51.7 Å². The van der Waals surface area contributed by atoms with Crippen LogP contribution in [0.15, 0.2) is 48.8 Å². The quantitative estimate of drug-likeness (QED) is 0.160. The highest BCUT2D eigenvalue weighted by Gasteiger charge is 2.46. The molecule has 42 heavy (non-hydrogen) atoms. The summed E-state index contributed by atoms with van der Waals surface area (Å²) in [5, 5.41) is 19.3. The molecule has 5 rings (SSSR count). The molecule has 0 atom stereocenters. The molecule has 3 N–H and O–H groups in total. The number of aromatic amines is 1. The number of rotatable bonds is 9. The van der Waals surface area contributed by atoms with Crippen LogP contribution in [0.1, 0.15) is 39.2 Å². The molecular formula is C30H35N7O5. The molecule has 0 saturated heterocycles. The number of nitro benzene ring substituents is 1. The average Bonchev–Trinajstić information content (AvgIpc) is 3.52. The fourth-order valence-electron chi connectivity index (χ4n) is 4.97. The van der Waals surface area contributed by atoms with E-state index < -0.39 is 22.2 Å². The summed E-state index contributed by atoms with van der Waals surface area (Å²) in [6.07, 6.45) is 4.59. The number of carbonyl (C=O) groups is 1. The number of hydrogen-bond donors (Lipinski definition) is 3. The van der Waals surface area contributed by atoms with Gasteiger partial charge in [0.1, 0.15) is 17.0 Å². The molecular weight excluding hydrogens is 538 g/mol. The molecule has 0 aliphatic heterocycles. The normalized spacial score (nSPS) is 13.9. The van der Waals surface area contributed by atoms with Crippen molar-refractivity contribution >= 4 is 40.0 Å². The van der Waals surface area contributed by atoms with Gasteiger partial charge in [-0.15, -0.1) is 0 Å². The summed E-state index contributed by atoms with van der Waals surface area (Å²) in [6, 6.07) is 11.0. The molecule has 1 aliphatic rings. The second-order valence-electron chi connectivity index (χ2n) is 11.7. The SMILES string of the molecule is COc1cc(N(C)CC2(NC(=O)OC(C)(C)C)CC2)c([N+](=O)[O-])cc1Nc1ncc(C)c(-c2c[nH]c3ccccc23)n1. The van der Waals surface area contributed by atoms with Crippen molar-refractivity contribution in [1.29, 1.82) is 0 Å². The summed E-state index contributed by atoms with van der Waals surface area (Å²) < 4.78 is 11.0. The van der Waals surface area contributed by atoms with Gasteiger partial charge in [0, 0.05) is 54.6 Å². The molecule has 4 aromatic rings. The Hall–Kier alpha value is -4.87. The standard InChI is InChI=1S/C30H35N7O5/c1-18-15-32-27(34-26(18)20-16-31-21-10-8-7-9-19(20)21)33-22-13-24(37(39)40)23(14-25(22)41-6)36(5)17-30(11-12-30)35-28(38)42-29(2,3)4/h7-10,13-16,31H,11-12,17H2,1-6H3,(H,35,38)(H,32,33,34). The third-order valence-electron chi connectivity index (χ3n) is 7.13. The molecule has 1 fully saturated rings. The highest BCUT2D eigenvalue weighted by atomic mass is 16.6. The van der Waals surface area contributed by atoms with Gasteiger partial charge in [0.2, 0.25) is 5.95 Å². The number of para-hydroxylation sites is 1. The highest BCUT2D eigenvalue weighted by Crippen LogP contribution is 2.42. The summed E-state index contributed by atoms with van der Waals surface area (Å²) in [5.41, 5.74) is 2.96. The summed E-state index contributed by atoms with van der Waals surface area (Å²) >= 11 is 0. The van der Waals surface area contributed by atoms with E-state index in [1.54, 1.807) is 45.0 Å². The van der Waals surface area contributed by atoms with E-state index in [-0.39, 0.29) is 11.6 Å². The van der Waals surface area contributed by atoms with Crippen LogP contribution in [-0.2, 0) is 4.74 Å². The number of ether oxygens (including phenoxy) is 2. The molecule has 2 heterocycles. The monoisotopic (exact) mass is 573 g/mol. The Labute approximate surface area is 243 Å². The van der Waals surface area contributed by atoms with E-state index in [2.05, 4.69) is 20.6 Å². The summed E-state index contributed by atoms with van der Waals surface area (Å²) in [4.78, 5) is 38.4. The first-order chi connectivity index (χ1) is 19.9. The van der Waals surface area contributed by atoms with E-state index in [0.717, 1.165) is 40.6 Å². The van der Waals surface area contributed by atoms with Gasteiger partial charge in [0.05, 0.1) is 29.0 Å². The zero-order valence-electron chi connectivity index (χ0n) is 24.6. The second-order valence-corrected chi connectivity index (χ2v) is 11.7. The van der Waals surface area contributed by atoms with Gasteiger partial charge in [-0.05, 0) is 52.2 Å². The zero-order valence-corrected chi connectivity index (χ0v) is 24.6. The predicted octanol–water partition coefficient (Wildman–Crippen LogP) is 6.09. The molecule has 220 valence electrons. The van der Waals surface area contributed by atoms with Gasteiger partial charge in [0.15, 0.2) is 0 Å². The van der Waals surface area contributed by atoms with Crippen molar-refractivity contribution in [2.75, 3.05) is 30.9 Å². The smallest absolute Gasteiger partial charge is 0.408 e. The van der Waals surface area contributed by atoms with Gasteiger partial charge in [-0.25, -0.2) is 14.8 Å². The Kier molecular flexibility index (Phi) is 7.40. The van der Waals surface area contributed by atoms with Crippen LogP contribution in [0.2, 0.25) is 0 Å². The van der Waals surface area contributed by atoms with Crippen LogP contribution in [0.4, 0.5) is 27.8 Å². The highest BCUT2D eigenvalue weighted by molar-refractivity contribution is 5.95. The van der Waals surface area contributed by atoms with E-state index in [0.29, 0.717) is 23.7 Å². The largest absolute Gasteiger partial charge is 0.494 e. The topological polar surface area (TPSA) is 148 Å². The molecule has 2 aromatic carbocycles. The minimum absolute atomic E-state index is 0.127. The van der Waals surface area contributed by atoms with E-state index >= 15 is 0 Å². The van der Waals surface area contributed by atoms with Crippen LogP contribution in [0.25, 0.3) is 22.2 Å². The minimum atomic E-state index is -0.627. The first-order valence-corrected chi connectivity index (χ1v) is 13.6. The maximum atomic E-state index is 12.4. The zero-order chi connectivity index (χ0) is 30.2. The number of fused-ring (bicyclic) bond motifs is 1. The number of nitrogens with one attached hydrogen (secondary N) is 3. The molecule has 1 amide bonds. The van der Waals surface area contributed by atoms with Crippen molar-refractivity contribution in [3.05, 3.63) is 64.5 Å². The molecule has 0 radical (unpaired) electrons. The van der Waals surface area contributed by atoms with Crippen LogP contribution in [-0.4, -0.2) is 57.8 Å². The third kappa shape index (κ3) is 6.07. The molecule has 0 spiro atoms. The Bertz CT molecular complexity index is 1660. The molecule has 0 bridgehead atoms. The number of carbonyl (C=O) groups excluding carboxylic acids is 1. The van der Waals surface area contributed by atoms with Crippen molar-refractivity contribution in [2.24, 2.45) is 0 Å². The fraction of sp³-hybridized carbons (Fsp3) is 0.367. The molecule has 1 saturated carbocycles. The molecule has 12 heteroatoms. The number of nitrogens with zero attached hydrogens (tertiary/aromatic N) is 4. The number of likely N-dealkylation sites (N-methyl/N-ethyl adjacent to an activating group) is 1.